The fourth-order valence-corrected chi connectivity index (χ4v) is 1.39. The Bertz CT molecular complexity index is 321. The molecule has 0 aliphatic rings. The van der Waals surface area contributed by atoms with Gasteiger partial charge in [0.15, 0.2) is 6.10 Å². The first-order valence-corrected chi connectivity index (χ1v) is 6.12. The van der Waals surface area contributed by atoms with Crippen LogP contribution in [0.5, 0.6) is 5.75 Å². The predicted octanol–water partition coefficient (Wildman–Crippen LogP) is 3.19. The fourth-order valence-electron chi connectivity index (χ4n) is 1.39. The first-order valence-electron chi connectivity index (χ1n) is 6.12. The summed E-state index contributed by atoms with van der Waals surface area (Å²) in [5.41, 5.74) is 0. The van der Waals surface area contributed by atoms with Gasteiger partial charge < -0.3 is 9.47 Å². The number of hydrogen-bond donors (Lipinski definition) is 0. The van der Waals surface area contributed by atoms with Gasteiger partial charge in [-0.05, 0) is 25.5 Å². The van der Waals surface area contributed by atoms with Gasteiger partial charge >= 0.3 is 5.97 Å². The molecule has 1 aromatic rings. The van der Waals surface area contributed by atoms with E-state index in [1.165, 1.54) is 0 Å². The molecule has 94 valence electrons. The second kappa shape index (κ2) is 7.71. The smallest absolute Gasteiger partial charge is 0.347 e. The van der Waals surface area contributed by atoms with Crippen LogP contribution < -0.4 is 4.74 Å². The molecule has 0 spiro atoms. The van der Waals surface area contributed by atoms with Gasteiger partial charge in [-0.3, -0.25) is 0 Å². The Balaban J connectivity index is 2.27. The minimum atomic E-state index is -0.556. The highest BCUT2D eigenvalue weighted by molar-refractivity contribution is 5.74. The maximum absolute atomic E-state index is 11.6. The van der Waals surface area contributed by atoms with Crippen LogP contribution in [0.25, 0.3) is 0 Å². The Morgan fingerprint density at radius 2 is 1.94 bits per heavy atom. The summed E-state index contributed by atoms with van der Waals surface area (Å²) >= 11 is 0. The lowest BCUT2D eigenvalue weighted by atomic mass is 10.3. The average Bonchev–Trinajstić information content (AvgIpc) is 2.35. The Hall–Kier alpha value is -1.51. The van der Waals surface area contributed by atoms with Crippen LogP contribution >= 0.6 is 0 Å². The number of rotatable bonds is 7. The molecule has 17 heavy (non-hydrogen) atoms. The van der Waals surface area contributed by atoms with Crippen LogP contribution in [0.4, 0.5) is 0 Å². The highest BCUT2D eigenvalue weighted by Gasteiger charge is 2.15. The van der Waals surface area contributed by atoms with Crippen molar-refractivity contribution in [3.05, 3.63) is 30.3 Å². The molecule has 1 atom stereocenters. The topological polar surface area (TPSA) is 35.5 Å². The number of carbonyl (C=O) groups excluding carboxylic acids is 1. The van der Waals surface area contributed by atoms with Crippen LogP contribution in [0.2, 0.25) is 0 Å². The number of ether oxygens (including phenoxy) is 2. The average molecular weight is 236 g/mol. The highest BCUT2D eigenvalue weighted by Crippen LogP contribution is 2.11. The molecule has 0 aromatic heterocycles. The number of unbranched alkanes of at least 4 members (excludes halogenated alkanes) is 2. The Labute approximate surface area is 103 Å². The van der Waals surface area contributed by atoms with Gasteiger partial charge in [-0.15, -0.1) is 0 Å². The molecule has 0 fully saturated rings. The molecule has 0 saturated heterocycles. The van der Waals surface area contributed by atoms with Crippen molar-refractivity contribution < 1.29 is 14.3 Å². The Morgan fingerprint density at radius 3 is 2.59 bits per heavy atom. The monoisotopic (exact) mass is 236 g/mol. The van der Waals surface area contributed by atoms with E-state index in [2.05, 4.69) is 6.92 Å². The van der Waals surface area contributed by atoms with Crippen molar-refractivity contribution in [1.82, 2.24) is 0 Å². The summed E-state index contributed by atoms with van der Waals surface area (Å²) in [7, 11) is 0. The molecule has 0 aliphatic carbocycles. The normalized spacial score (nSPS) is 11.9. The third-order valence-electron chi connectivity index (χ3n) is 2.38. The molecule has 0 aliphatic heterocycles. The molecule has 1 rings (SSSR count). The number of carbonyl (C=O) groups is 1. The lowest BCUT2D eigenvalue weighted by molar-refractivity contribution is -0.151. The van der Waals surface area contributed by atoms with E-state index in [9.17, 15) is 4.79 Å². The lowest BCUT2D eigenvalue weighted by Crippen LogP contribution is -2.26. The van der Waals surface area contributed by atoms with E-state index in [-0.39, 0.29) is 5.97 Å². The molecule has 0 N–H and O–H groups in total. The van der Waals surface area contributed by atoms with Gasteiger partial charge in [0, 0.05) is 0 Å². The van der Waals surface area contributed by atoms with Crippen molar-refractivity contribution in [3.63, 3.8) is 0 Å². The molecule has 1 unspecified atom stereocenters. The van der Waals surface area contributed by atoms with E-state index >= 15 is 0 Å². The van der Waals surface area contributed by atoms with Gasteiger partial charge in [0.05, 0.1) is 6.61 Å². The summed E-state index contributed by atoms with van der Waals surface area (Å²) in [6.45, 7) is 4.30. The van der Waals surface area contributed by atoms with Crippen molar-refractivity contribution in [2.24, 2.45) is 0 Å². The molecule has 1 aromatic carbocycles. The Kier molecular flexibility index (Phi) is 6.15. The van der Waals surface area contributed by atoms with Crippen molar-refractivity contribution in [2.45, 2.75) is 39.2 Å². The summed E-state index contributed by atoms with van der Waals surface area (Å²) in [6.07, 6.45) is 2.56. The fraction of sp³-hybridized carbons (Fsp3) is 0.500. The summed E-state index contributed by atoms with van der Waals surface area (Å²) in [6, 6.07) is 9.28. The molecule has 0 amide bonds. The highest BCUT2D eigenvalue weighted by atomic mass is 16.6. The second-order valence-corrected chi connectivity index (χ2v) is 3.95. The van der Waals surface area contributed by atoms with Crippen LogP contribution in [0.3, 0.4) is 0 Å². The first kappa shape index (κ1) is 13.6. The summed E-state index contributed by atoms with van der Waals surface area (Å²) < 4.78 is 10.6. The van der Waals surface area contributed by atoms with Crippen molar-refractivity contribution in [1.29, 1.82) is 0 Å². The van der Waals surface area contributed by atoms with Crippen LogP contribution in [0.1, 0.15) is 33.1 Å². The molecular formula is C14H20O3. The van der Waals surface area contributed by atoms with E-state index in [1.807, 2.05) is 30.3 Å². The van der Waals surface area contributed by atoms with E-state index < -0.39 is 6.10 Å². The summed E-state index contributed by atoms with van der Waals surface area (Å²) in [5, 5.41) is 0. The van der Waals surface area contributed by atoms with Crippen molar-refractivity contribution >= 4 is 5.97 Å². The first-order chi connectivity index (χ1) is 8.24. The standard InChI is InChI=1S/C14H20O3/c1-3-4-8-11-16-14(15)12(2)17-13-9-6-5-7-10-13/h5-7,9-10,12H,3-4,8,11H2,1-2H3. The van der Waals surface area contributed by atoms with E-state index in [4.69, 9.17) is 9.47 Å². The van der Waals surface area contributed by atoms with Gasteiger partial charge in [0.1, 0.15) is 5.75 Å². The van der Waals surface area contributed by atoms with Gasteiger partial charge in [0.25, 0.3) is 0 Å². The van der Waals surface area contributed by atoms with Gasteiger partial charge in [-0.2, -0.15) is 0 Å². The third kappa shape index (κ3) is 5.38. The van der Waals surface area contributed by atoms with E-state index in [1.54, 1.807) is 6.92 Å². The number of para-hydroxylation sites is 1. The molecule has 0 heterocycles. The number of esters is 1. The summed E-state index contributed by atoms with van der Waals surface area (Å²) in [4.78, 5) is 11.6. The zero-order valence-electron chi connectivity index (χ0n) is 10.5. The number of hydrogen-bond acceptors (Lipinski definition) is 3. The van der Waals surface area contributed by atoms with Gasteiger partial charge in [0.2, 0.25) is 0 Å². The van der Waals surface area contributed by atoms with Crippen LogP contribution in [-0.2, 0) is 9.53 Å². The van der Waals surface area contributed by atoms with Crippen LogP contribution in [-0.4, -0.2) is 18.7 Å². The van der Waals surface area contributed by atoms with Gasteiger partial charge in [-0.25, -0.2) is 4.79 Å². The largest absolute Gasteiger partial charge is 0.479 e. The van der Waals surface area contributed by atoms with Crippen LogP contribution in [0.15, 0.2) is 30.3 Å². The van der Waals surface area contributed by atoms with E-state index in [0.29, 0.717) is 12.4 Å². The summed E-state index contributed by atoms with van der Waals surface area (Å²) in [5.74, 6) is 0.385. The second-order valence-electron chi connectivity index (χ2n) is 3.95. The predicted molar refractivity (Wildman–Crippen MR) is 67.0 cm³/mol. The number of benzene rings is 1. The van der Waals surface area contributed by atoms with Crippen molar-refractivity contribution in [3.8, 4) is 5.75 Å². The molecule has 3 nitrogen and oxygen atoms in total. The quantitative estimate of drug-likeness (QED) is 0.538. The maximum Gasteiger partial charge on any atom is 0.347 e. The zero-order chi connectivity index (χ0) is 12.5. The SMILES string of the molecule is CCCCCOC(=O)C(C)Oc1ccccc1. The molecule has 0 bridgehead atoms. The molecular weight excluding hydrogens is 216 g/mol. The molecule has 0 saturated carbocycles. The Morgan fingerprint density at radius 1 is 1.24 bits per heavy atom. The lowest BCUT2D eigenvalue weighted by Gasteiger charge is -2.13. The van der Waals surface area contributed by atoms with Crippen molar-refractivity contribution in [2.75, 3.05) is 6.61 Å². The molecule has 0 radical (unpaired) electrons. The minimum Gasteiger partial charge on any atom is -0.479 e. The van der Waals surface area contributed by atoms with E-state index in [0.717, 1.165) is 19.3 Å². The zero-order valence-corrected chi connectivity index (χ0v) is 10.5. The molecule has 3 heteroatoms. The van der Waals surface area contributed by atoms with Gasteiger partial charge in [-0.1, -0.05) is 38.0 Å². The third-order valence-corrected chi connectivity index (χ3v) is 2.38. The van der Waals surface area contributed by atoms with Crippen LogP contribution in [0, 0.1) is 0 Å². The minimum absolute atomic E-state index is 0.301. The maximum atomic E-state index is 11.6.